The van der Waals surface area contributed by atoms with E-state index in [2.05, 4.69) is 39.0 Å². The van der Waals surface area contributed by atoms with Crippen LogP contribution in [0.3, 0.4) is 0 Å². The van der Waals surface area contributed by atoms with E-state index in [1.165, 1.54) is 11.1 Å². The predicted molar refractivity (Wildman–Crippen MR) is 117 cm³/mol. The van der Waals surface area contributed by atoms with Gasteiger partial charge in [0.1, 0.15) is 11.4 Å². The molecule has 3 aliphatic rings. The first-order valence-electron chi connectivity index (χ1n) is 10.8. The smallest absolute Gasteiger partial charge is 0.239 e. The van der Waals surface area contributed by atoms with Crippen LogP contribution >= 0.6 is 11.8 Å². The van der Waals surface area contributed by atoms with Gasteiger partial charge in [-0.2, -0.15) is 11.8 Å². The van der Waals surface area contributed by atoms with Crippen molar-refractivity contribution in [2.75, 3.05) is 25.1 Å². The van der Waals surface area contributed by atoms with Crippen molar-refractivity contribution in [2.24, 2.45) is 17.6 Å². The number of carbonyl (C=O) groups is 1. The first kappa shape index (κ1) is 21.0. The van der Waals surface area contributed by atoms with Crippen LogP contribution in [0.1, 0.15) is 50.3 Å². The number of nitrogens with two attached hydrogens (primary N) is 1. The molecule has 29 heavy (non-hydrogen) atoms. The van der Waals surface area contributed by atoms with Crippen LogP contribution in [-0.4, -0.2) is 53.7 Å². The summed E-state index contributed by atoms with van der Waals surface area (Å²) in [6.45, 7) is 7.92. The maximum Gasteiger partial charge on any atom is 0.239 e. The van der Waals surface area contributed by atoms with Crippen LogP contribution in [0.15, 0.2) is 18.2 Å². The molecule has 0 aromatic heterocycles. The molecular weight excluding hydrogens is 384 g/mol. The molecular formula is C23H34N2O3S. The Morgan fingerprint density at radius 2 is 2.21 bits per heavy atom. The summed E-state index contributed by atoms with van der Waals surface area (Å²) in [7, 11) is 0. The van der Waals surface area contributed by atoms with E-state index < -0.39 is 0 Å². The fourth-order valence-corrected chi connectivity index (χ4v) is 5.70. The zero-order chi connectivity index (χ0) is 20.8. The Morgan fingerprint density at radius 1 is 1.41 bits per heavy atom. The average molecular weight is 419 g/mol. The van der Waals surface area contributed by atoms with Crippen LogP contribution in [0.4, 0.5) is 0 Å². The van der Waals surface area contributed by atoms with Gasteiger partial charge in [-0.15, -0.1) is 0 Å². The minimum Gasteiger partial charge on any atom is -0.487 e. The molecule has 0 unspecified atom stereocenters. The molecule has 1 aromatic rings. The van der Waals surface area contributed by atoms with Gasteiger partial charge in [-0.05, 0) is 63.7 Å². The number of thioether (sulfide) groups is 1. The fraction of sp³-hybridized carbons (Fsp3) is 0.696. The normalized spacial score (nSPS) is 31.1. The third-order valence-corrected chi connectivity index (χ3v) is 7.56. The highest BCUT2D eigenvalue weighted by atomic mass is 32.2. The molecule has 3 heterocycles. The summed E-state index contributed by atoms with van der Waals surface area (Å²) in [4.78, 5) is 14.8. The maximum absolute atomic E-state index is 12.8. The van der Waals surface area contributed by atoms with E-state index in [-0.39, 0.29) is 35.7 Å². The Morgan fingerprint density at radius 3 is 2.97 bits per heavy atom. The van der Waals surface area contributed by atoms with E-state index in [1.54, 1.807) is 11.8 Å². The third kappa shape index (κ3) is 4.04. The van der Waals surface area contributed by atoms with Crippen molar-refractivity contribution in [3.8, 4) is 5.75 Å². The topological polar surface area (TPSA) is 64.8 Å². The van der Waals surface area contributed by atoms with Gasteiger partial charge in [0.05, 0.1) is 18.2 Å². The van der Waals surface area contributed by atoms with Crippen LogP contribution in [-0.2, 0) is 9.53 Å². The molecule has 6 heteroatoms. The Kier molecular flexibility index (Phi) is 5.88. The van der Waals surface area contributed by atoms with Crippen molar-refractivity contribution < 1.29 is 14.3 Å². The van der Waals surface area contributed by atoms with Crippen molar-refractivity contribution in [2.45, 2.75) is 63.9 Å². The van der Waals surface area contributed by atoms with Crippen molar-refractivity contribution in [3.63, 3.8) is 0 Å². The Bertz CT molecular complexity index is 768. The van der Waals surface area contributed by atoms with Gasteiger partial charge in [0, 0.05) is 30.5 Å². The fourth-order valence-electron chi connectivity index (χ4n) is 5.21. The quantitative estimate of drug-likeness (QED) is 0.810. The monoisotopic (exact) mass is 418 g/mol. The van der Waals surface area contributed by atoms with Gasteiger partial charge in [-0.3, -0.25) is 4.79 Å². The SMILES string of the molecule is CSCC[C@H](N)C(=O)N1CC[C@H]2O[C@H]3c4ccc(C)cc4OC(C)(C)[C@@H]3C[C@H]2C1. The second-order valence-corrected chi connectivity index (χ2v) is 10.4. The Balaban J connectivity index is 1.50. The number of nitrogens with zero attached hydrogens (tertiary/aromatic N) is 1. The number of rotatable bonds is 4. The molecule has 4 rings (SSSR count). The van der Waals surface area contributed by atoms with E-state index >= 15 is 0 Å². The molecule has 0 spiro atoms. The van der Waals surface area contributed by atoms with Gasteiger partial charge in [0.15, 0.2) is 0 Å². The highest BCUT2D eigenvalue weighted by Gasteiger charge is 2.51. The zero-order valence-corrected chi connectivity index (χ0v) is 18.8. The Hall–Kier alpha value is -1.24. The summed E-state index contributed by atoms with van der Waals surface area (Å²) < 4.78 is 13.1. The molecule has 2 N–H and O–H groups in total. The van der Waals surface area contributed by atoms with Gasteiger partial charge in [0.25, 0.3) is 0 Å². The van der Waals surface area contributed by atoms with Gasteiger partial charge < -0.3 is 20.1 Å². The number of hydrogen-bond donors (Lipinski definition) is 1. The number of benzene rings is 1. The number of carbonyl (C=O) groups excluding carboxylic acids is 1. The van der Waals surface area contributed by atoms with Crippen molar-refractivity contribution in [3.05, 3.63) is 29.3 Å². The zero-order valence-electron chi connectivity index (χ0n) is 18.0. The number of likely N-dealkylation sites (tertiary alicyclic amines) is 1. The van der Waals surface area contributed by atoms with Crippen molar-refractivity contribution in [1.82, 2.24) is 4.90 Å². The molecule has 0 radical (unpaired) electrons. The number of fused-ring (bicyclic) bond motifs is 4. The number of hydrogen-bond acceptors (Lipinski definition) is 5. The minimum absolute atomic E-state index is 0.0710. The largest absolute Gasteiger partial charge is 0.487 e. The summed E-state index contributed by atoms with van der Waals surface area (Å²) >= 11 is 1.73. The lowest BCUT2D eigenvalue weighted by Gasteiger charge is -2.53. The standard InChI is InChI=1S/C23H34N2O3S/c1-14-5-6-16-20(11-14)28-23(2,3)17-12-15-13-25(9-7-19(15)27-21(16)17)22(26)18(24)8-10-29-4/h5-6,11,15,17-19,21H,7-10,12-13,24H2,1-4H3/t15-,17+,18-,19+,21-/m0/s1. The first-order valence-corrected chi connectivity index (χ1v) is 12.2. The second-order valence-electron chi connectivity index (χ2n) is 9.41. The molecule has 1 aromatic carbocycles. The molecule has 2 fully saturated rings. The lowest BCUT2D eigenvalue weighted by atomic mass is 9.70. The first-order chi connectivity index (χ1) is 13.8. The van der Waals surface area contributed by atoms with E-state index in [0.29, 0.717) is 5.92 Å². The number of aryl methyl sites for hydroxylation is 1. The minimum atomic E-state index is -0.388. The van der Waals surface area contributed by atoms with Gasteiger partial charge in [-0.25, -0.2) is 0 Å². The van der Waals surface area contributed by atoms with Crippen LogP contribution in [0.5, 0.6) is 5.75 Å². The van der Waals surface area contributed by atoms with Crippen LogP contribution in [0, 0.1) is 18.8 Å². The second kappa shape index (κ2) is 8.12. The Labute approximate surface area is 178 Å². The van der Waals surface area contributed by atoms with E-state index in [4.69, 9.17) is 15.2 Å². The van der Waals surface area contributed by atoms with Crippen molar-refractivity contribution in [1.29, 1.82) is 0 Å². The van der Waals surface area contributed by atoms with E-state index in [0.717, 1.165) is 43.9 Å². The molecule has 3 aliphatic heterocycles. The lowest BCUT2D eigenvalue weighted by Crippen LogP contribution is -2.57. The van der Waals surface area contributed by atoms with Gasteiger partial charge in [-0.1, -0.05) is 12.1 Å². The predicted octanol–water partition coefficient (Wildman–Crippen LogP) is 3.54. The highest BCUT2D eigenvalue weighted by molar-refractivity contribution is 7.98. The lowest BCUT2D eigenvalue weighted by molar-refractivity contribution is -0.189. The molecule has 160 valence electrons. The van der Waals surface area contributed by atoms with Crippen molar-refractivity contribution >= 4 is 17.7 Å². The summed E-state index contributed by atoms with van der Waals surface area (Å²) in [5, 5.41) is 0. The summed E-state index contributed by atoms with van der Waals surface area (Å²) in [5.41, 5.74) is 8.25. The summed E-state index contributed by atoms with van der Waals surface area (Å²) in [5.74, 6) is 2.60. The number of amides is 1. The highest BCUT2D eigenvalue weighted by Crippen LogP contribution is 2.53. The number of piperidine rings is 1. The molecule has 0 aliphatic carbocycles. The molecule has 0 bridgehead atoms. The van der Waals surface area contributed by atoms with Crippen LogP contribution in [0.25, 0.3) is 0 Å². The summed E-state index contributed by atoms with van der Waals surface area (Å²) in [6.07, 6.45) is 4.96. The third-order valence-electron chi connectivity index (χ3n) is 6.91. The molecule has 2 saturated heterocycles. The van der Waals surface area contributed by atoms with Gasteiger partial charge >= 0.3 is 0 Å². The average Bonchev–Trinajstić information content (AvgIpc) is 2.69. The van der Waals surface area contributed by atoms with E-state index in [9.17, 15) is 4.79 Å². The molecule has 5 nitrogen and oxygen atoms in total. The molecule has 5 atom stereocenters. The maximum atomic E-state index is 12.8. The van der Waals surface area contributed by atoms with Gasteiger partial charge in [0.2, 0.25) is 5.91 Å². The summed E-state index contributed by atoms with van der Waals surface area (Å²) in [6, 6.07) is 6.05. The molecule has 0 saturated carbocycles. The van der Waals surface area contributed by atoms with Crippen LogP contribution in [0.2, 0.25) is 0 Å². The van der Waals surface area contributed by atoms with E-state index in [1.807, 2.05) is 11.2 Å². The van der Waals surface area contributed by atoms with Crippen LogP contribution < -0.4 is 10.5 Å². The number of ether oxygens (including phenoxy) is 2. The molecule has 1 amide bonds.